The van der Waals surface area contributed by atoms with Gasteiger partial charge in [0.05, 0.1) is 13.0 Å². The topological polar surface area (TPSA) is 55.6 Å². The molecule has 0 saturated carbocycles. The maximum absolute atomic E-state index is 11.8. The predicted octanol–water partition coefficient (Wildman–Crippen LogP) is 2.33. The van der Waals surface area contributed by atoms with Gasteiger partial charge in [-0.3, -0.25) is 4.79 Å². The van der Waals surface area contributed by atoms with Gasteiger partial charge in [0, 0.05) is 28.8 Å². The number of nitrogens with zero attached hydrogens (tertiary/aromatic N) is 1. The standard InChI is InChI=1S/C14H17BrN2O2S/c1-8-6-17(7-11(8)14(18)19-2)12-5-9(15)3-4-10(12)13(16)20/h3-5,8,11H,6-7H2,1-2H3,(H2,16,20). The first kappa shape index (κ1) is 15.3. The van der Waals surface area contributed by atoms with Crippen LogP contribution in [0, 0.1) is 11.8 Å². The van der Waals surface area contributed by atoms with Crippen LogP contribution in [0.25, 0.3) is 0 Å². The van der Waals surface area contributed by atoms with Crippen molar-refractivity contribution in [2.24, 2.45) is 17.6 Å². The molecule has 2 N–H and O–H groups in total. The summed E-state index contributed by atoms with van der Waals surface area (Å²) >= 11 is 8.57. The van der Waals surface area contributed by atoms with Crippen molar-refractivity contribution < 1.29 is 9.53 Å². The maximum Gasteiger partial charge on any atom is 0.310 e. The average molecular weight is 357 g/mol. The summed E-state index contributed by atoms with van der Waals surface area (Å²) in [4.78, 5) is 14.3. The van der Waals surface area contributed by atoms with Gasteiger partial charge in [-0.05, 0) is 24.1 Å². The molecule has 1 fully saturated rings. The Bertz CT molecular complexity index is 550. The van der Waals surface area contributed by atoms with E-state index in [9.17, 15) is 4.79 Å². The third kappa shape index (κ3) is 2.96. The highest BCUT2D eigenvalue weighted by Crippen LogP contribution is 2.32. The average Bonchev–Trinajstić information content (AvgIpc) is 2.79. The zero-order chi connectivity index (χ0) is 14.9. The third-order valence-electron chi connectivity index (χ3n) is 3.68. The van der Waals surface area contributed by atoms with Crippen molar-refractivity contribution in [2.45, 2.75) is 6.92 Å². The molecular weight excluding hydrogens is 340 g/mol. The molecule has 1 saturated heterocycles. The van der Waals surface area contributed by atoms with E-state index in [0.29, 0.717) is 11.5 Å². The molecular formula is C14H17BrN2O2S. The summed E-state index contributed by atoms with van der Waals surface area (Å²) in [5.74, 6) is -0.0364. The van der Waals surface area contributed by atoms with Gasteiger partial charge in [0.15, 0.2) is 0 Å². The molecule has 2 atom stereocenters. The Balaban J connectivity index is 2.31. The second-order valence-electron chi connectivity index (χ2n) is 5.04. The van der Waals surface area contributed by atoms with Gasteiger partial charge in [0.2, 0.25) is 0 Å². The van der Waals surface area contributed by atoms with E-state index >= 15 is 0 Å². The second kappa shape index (κ2) is 6.10. The van der Waals surface area contributed by atoms with E-state index in [1.165, 1.54) is 7.11 Å². The summed E-state index contributed by atoms with van der Waals surface area (Å²) in [6.45, 7) is 3.46. The van der Waals surface area contributed by atoms with Crippen LogP contribution >= 0.6 is 28.1 Å². The first-order valence-corrected chi connectivity index (χ1v) is 7.56. The number of anilines is 1. The number of methoxy groups -OCH3 is 1. The van der Waals surface area contributed by atoms with E-state index in [0.717, 1.165) is 22.3 Å². The van der Waals surface area contributed by atoms with Crippen LogP contribution in [-0.2, 0) is 9.53 Å². The van der Waals surface area contributed by atoms with Crippen molar-refractivity contribution in [3.63, 3.8) is 0 Å². The van der Waals surface area contributed by atoms with Crippen LogP contribution in [0.4, 0.5) is 5.69 Å². The molecule has 108 valence electrons. The quantitative estimate of drug-likeness (QED) is 0.665. The number of rotatable bonds is 3. The molecule has 0 aliphatic carbocycles. The molecule has 1 aliphatic heterocycles. The number of esters is 1. The smallest absolute Gasteiger partial charge is 0.310 e. The Morgan fingerprint density at radius 3 is 2.80 bits per heavy atom. The Morgan fingerprint density at radius 2 is 2.20 bits per heavy atom. The lowest BCUT2D eigenvalue weighted by Crippen LogP contribution is -2.26. The maximum atomic E-state index is 11.8. The molecule has 1 aromatic carbocycles. The van der Waals surface area contributed by atoms with Gasteiger partial charge in [-0.1, -0.05) is 35.1 Å². The zero-order valence-electron chi connectivity index (χ0n) is 11.4. The Hall–Kier alpha value is -1.14. The first-order valence-electron chi connectivity index (χ1n) is 6.36. The van der Waals surface area contributed by atoms with Crippen LogP contribution in [0.1, 0.15) is 12.5 Å². The SMILES string of the molecule is COC(=O)C1CN(c2cc(Br)ccc2C(N)=S)CC1C. The minimum absolute atomic E-state index is 0.113. The van der Waals surface area contributed by atoms with Crippen LogP contribution in [0.15, 0.2) is 22.7 Å². The number of thiocarbonyl (C=S) groups is 1. The molecule has 0 amide bonds. The highest BCUT2D eigenvalue weighted by molar-refractivity contribution is 9.10. The highest BCUT2D eigenvalue weighted by atomic mass is 79.9. The van der Waals surface area contributed by atoms with Crippen LogP contribution < -0.4 is 10.6 Å². The number of halogens is 1. The number of ether oxygens (including phenoxy) is 1. The van der Waals surface area contributed by atoms with Crippen LogP contribution in [-0.4, -0.2) is 31.2 Å². The summed E-state index contributed by atoms with van der Waals surface area (Å²) in [6.07, 6.45) is 0. The van der Waals surface area contributed by atoms with E-state index in [1.807, 2.05) is 18.2 Å². The van der Waals surface area contributed by atoms with Gasteiger partial charge in [0.1, 0.15) is 4.99 Å². The van der Waals surface area contributed by atoms with Gasteiger partial charge >= 0.3 is 5.97 Å². The lowest BCUT2D eigenvalue weighted by Gasteiger charge is -2.22. The summed E-state index contributed by atoms with van der Waals surface area (Å²) in [5, 5.41) is 0. The van der Waals surface area contributed by atoms with Crippen molar-refractivity contribution in [2.75, 3.05) is 25.1 Å². The molecule has 0 bridgehead atoms. The summed E-state index contributed by atoms with van der Waals surface area (Å²) in [6, 6.07) is 5.80. The van der Waals surface area contributed by atoms with Gasteiger partial charge in [-0.15, -0.1) is 0 Å². The monoisotopic (exact) mass is 356 g/mol. The molecule has 2 rings (SSSR count). The lowest BCUT2D eigenvalue weighted by molar-refractivity contribution is -0.145. The summed E-state index contributed by atoms with van der Waals surface area (Å²) < 4.78 is 5.82. The van der Waals surface area contributed by atoms with E-state index < -0.39 is 0 Å². The number of carbonyl (C=O) groups is 1. The van der Waals surface area contributed by atoms with Crippen molar-refractivity contribution in [1.82, 2.24) is 0 Å². The molecule has 6 heteroatoms. The van der Waals surface area contributed by atoms with Crippen LogP contribution in [0.5, 0.6) is 0 Å². The molecule has 4 nitrogen and oxygen atoms in total. The van der Waals surface area contributed by atoms with Crippen LogP contribution in [0.3, 0.4) is 0 Å². The largest absolute Gasteiger partial charge is 0.469 e. The molecule has 2 unspecified atom stereocenters. The molecule has 0 aromatic heterocycles. The van der Waals surface area contributed by atoms with Crippen molar-refractivity contribution in [3.05, 3.63) is 28.2 Å². The van der Waals surface area contributed by atoms with Crippen LogP contribution in [0.2, 0.25) is 0 Å². The molecule has 0 radical (unpaired) electrons. The van der Waals surface area contributed by atoms with E-state index in [-0.39, 0.29) is 17.8 Å². The summed E-state index contributed by atoms with van der Waals surface area (Å²) in [7, 11) is 1.43. The van der Waals surface area contributed by atoms with Gasteiger partial charge in [-0.2, -0.15) is 0 Å². The summed E-state index contributed by atoms with van der Waals surface area (Å²) in [5.41, 5.74) is 7.58. The number of carbonyl (C=O) groups excluding carboxylic acids is 1. The highest BCUT2D eigenvalue weighted by Gasteiger charge is 2.36. The minimum Gasteiger partial charge on any atom is -0.469 e. The number of hydrogen-bond donors (Lipinski definition) is 1. The number of hydrogen-bond acceptors (Lipinski definition) is 4. The van der Waals surface area contributed by atoms with E-state index in [4.69, 9.17) is 22.7 Å². The fourth-order valence-electron chi connectivity index (χ4n) is 2.60. The van der Waals surface area contributed by atoms with Crippen molar-refractivity contribution in [1.29, 1.82) is 0 Å². The second-order valence-corrected chi connectivity index (χ2v) is 6.39. The minimum atomic E-state index is -0.160. The number of benzene rings is 1. The zero-order valence-corrected chi connectivity index (χ0v) is 13.8. The molecule has 1 heterocycles. The molecule has 20 heavy (non-hydrogen) atoms. The van der Waals surface area contributed by atoms with Crippen molar-refractivity contribution >= 4 is 44.8 Å². The Morgan fingerprint density at radius 1 is 1.50 bits per heavy atom. The Labute approximate surface area is 132 Å². The van der Waals surface area contributed by atoms with E-state index in [1.54, 1.807) is 0 Å². The predicted molar refractivity (Wildman–Crippen MR) is 86.9 cm³/mol. The lowest BCUT2D eigenvalue weighted by atomic mass is 9.99. The first-order chi connectivity index (χ1) is 9.43. The van der Waals surface area contributed by atoms with Crippen molar-refractivity contribution in [3.8, 4) is 0 Å². The normalized spacial score (nSPS) is 21.9. The Kier molecular flexibility index (Phi) is 4.65. The van der Waals surface area contributed by atoms with Gasteiger partial charge in [-0.25, -0.2) is 0 Å². The number of nitrogens with two attached hydrogens (primary N) is 1. The fraction of sp³-hybridized carbons (Fsp3) is 0.429. The van der Waals surface area contributed by atoms with Gasteiger partial charge in [0.25, 0.3) is 0 Å². The fourth-order valence-corrected chi connectivity index (χ4v) is 3.12. The van der Waals surface area contributed by atoms with E-state index in [2.05, 4.69) is 27.8 Å². The molecule has 1 aromatic rings. The molecule has 1 aliphatic rings. The van der Waals surface area contributed by atoms with Gasteiger partial charge < -0.3 is 15.4 Å². The third-order valence-corrected chi connectivity index (χ3v) is 4.40. The molecule has 0 spiro atoms.